The number of likely N-dealkylation sites (tertiary alicyclic amines) is 1. The topological polar surface area (TPSA) is 63.2 Å². The zero-order valence-corrected chi connectivity index (χ0v) is 18.2. The Balaban J connectivity index is 1.84. The van der Waals surface area contributed by atoms with Gasteiger partial charge in [-0.25, -0.2) is 4.98 Å². The first-order valence-electron chi connectivity index (χ1n) is 9.71. The molecular formula is C21H24F3N3O2S. The van der Waals surface area contributed by atoms with Crippen LogP contribution in [0.5, 0.6) is 0 Å². The maximum atomic E-state index is 13.4. The van der Waals surface area contributed by atoms with Gasteiger partial charge in [0.2, 0.25) is 5.91 Å². The van der Waals surface area contributed by atoms with Crippen LogP contribution in [0.25, 0.3) is 10.4 Å². The van der Waals surface area contributed by atoms with E-state index in [1.807, 2.05) is 0 Å². The van der Waals surface area contributed by atoms with Crippen molar-refractivity contribution in [3.8, 4) is 10.4 Å². The van der Waals surface area contributed by atoms with Gasteiger partial charge in [0.1, 0.15) is 10.4 Å². The van der Waals surface area contributed by atoms with Crippen LogP contribution in [0, 0.1) is 6.92 Å². The fourth-order valence-electron chi connectivity index (χ4n) is 3.57. The van der Waals surface area contributed by atoms with Gasteiger partial charge in [-0.2, -0.15) is 13.2 Å². The molecule has 3 rings (SSSR count). The predicted molar refractivity (Wildman–Crippen MR) is 108 cm³/mol. The Hall–Kier alpha value is -2.29. The average Bonchev–Trinajstić information content (AvgIpc) is 3.28. The SMILES string of the molecule is CC(=O)[C@@H]1CCCN1C(=O)Cc1nc(C)c(-c2ccnc(C(C)(C)C(F)(F)F)c2)s1. The molecule has 1 aliphatic heterocycles. The van der Waals surface area contributed by atoms with Crippen LogP contribution in [0.1, 0.15) is 50.0 Å². The van der Waals surface area contributed by atoms with Crippen LogP contribution in [-0.2, 0) is 21.4 Å². The van der Waals surface area contributed by atoms with E-state index in [1.54, 1.807) is 17.9 Å². The van der Waals surface area contributed by atoms with Gasteiger partial charge in [-0.05, 0) is 58.2 Å². The first-order chi connectivity index (χ1) is 13.9. The van der Waals surface area contributed by atoms with Crippen molar-refractivity contribution < 1.29 is 22.8 Å². The molecule has 0 bridgehead atoms. The number of thiazole rings is 1. The number of amides is 1. The van der Waals surface area contributed by atoms with Crippen molar-refractivity contribution in [1.82, 2.24) is 14.9 Å². The summed E-state index contributed by atoms with van der Waals surface area (Å²) < 4.78 is 40.2. The van der Waals surface area contributed by atoms with Gasteiger partial charge in [0.25, 0.3) is 0 Å². The van der Waals surface area contributed by atoms with Gasteiger partial charge in [0.05, 0.1) is 28.7 Å². The predicted octanol–water partition coefficient (Wildman–Crippen LogP) is 4.48. The number of aromatic nitrogens is 2. The first-order valence-corrected chi connectivity index (χ1v) is 10.5. The molecular weight excluding hydrogens is 415 g/mol. The number of Topliss-reactive ketones (excluding diaryl/α,β-unsaturated/α-hetero) is 1. The number of carbonyl (C=O) groups is 2. The lowest BCUT2D eigenvalue weighted by atomic mass is 9.87. The Bertz CT molecular complexity index is 969. The molecule has 0 N–H and O–H groups in total. The van der Waals surface area contributed by atoms with Crippen molar-refractivity contribution in [3.63, 3.8) is 0 Å². The van der Waals surface area contributed by atoms with Gasteiger partial charge in [0.15, 0.2) is 5.78 Å². The largest absolute Gasteiger partial charge is 0.399 e. The molecule has 2 aromatic heterocycles. The molecule has 1 fully saturated rings. The highest BCUT2D eigenvalue weighted by Gasteiger charge is 2.49. The summed E-state index contributed by atoms with van der Waals surface area (Å²) in [5.41, 5.74) is -0.917. The fraction of sp³-hybridized carbons (Fsp3) is 0.524. The molecule has 0 aromatic carbocycles. The standard InChI is InChI=1S/C21H24F3N3O2S/c1-12-19(14-7-8-25-16(10-14)20(3,4)21(22,23)24)30-17(26-12)11-18(29)27-9-5-6-15(27)13(2)28/h7-8,10,15H,5-6,9,11H2,1-4H3/t15-/m0/s1. The van der Waals surface area contributed by atoms with Crippen LogP contribution in [0.3, 0.4) is 0 Å². The molecule has 2 aromatic rings. The fourth-order valence-corrected chi connectivity index (χ4v) is 4.63. The Morgan fingerprint density at radius 2 is 2.00 bits per heavy atom. The molecule has 5 nitrogen and oxygen atoms in total. The molecule has 30 heavy (non-hydrogen) atoms. The van der Waals surface area contributed by atoms with Gasteiger partial charge in [-0.1, -0.05) is 0 Å². The zero-order valence-electron chi connectivity index (χ0n) is 17.3. The Kier molecular flexibility index (Phi) is 6.04. The first kappa shape index (κ1) is 22.4. The summed E-state index contributed by atoms with van der Waals surface area (Å²) in [6.07, 6.45) is -1.52. The molecule has 0 unspecified atom stereocenters. The molecule has 1 saturated heterocycles. The summed E-state index contributed by atoms with van der Waals surface area (Å²) in [5.74, 6) is -0.171. The molecule has 1 aliphatic rings. The lowest BCUT2D eigenvalue weighted by Gasteiger charge is -2.27. The molecule has 9 heteroatoms. The normalized spacial score (nSPS) is 17.4. The van der Waals surface area contributed by atoms with E-state index in [0.717, 1.165) is 20.3 Å². The van der Waals surface area contributed by atoms with Crippen molar-refractivity contribution in [3.05, 3.63) is 34.7 Å². The Morgan fingerprint density at radius 3 is 2.63 bits per heavy atom. The number of pyridine rings is 1. The number of rotatable bonds is 5. The second kappa shape index (κ2) is 8.09. The van der Waals surface area contributed by atoms with Crippen molar-refractivity contribution in [2.24, 2.45) is 0 Å². The molecule has 0 saturated carbocycles. The summed E-state index contributed by atoms with van der Waals surface area (Å²) in [4.78, 5) is 35.1. The minimum atomic E-state index is -4.43. The van der Waals surface area contributed by atoms with Crippen molar-refractivity contribution >= 4 is 23.0 Å². The summed E-state index contributed by atoms with van der Waals surface area (Å²) in [6, 6.07) is 2.71. The van der Waals surface area contributed by atoms with Gasteiger partial charge in [-0.15, -0.1) is 11.3 Å². The van der Waals surface area contributed by atoms with Gasteiger partial charge < -0.3 is 4.90 Å². The highest BCUT2D eigenvalue weighted by molar-refractivity contribution is 7.15. The number of carbonyl (C=O) groups excluding carboxylic acids is 2. The van der Waals surface area contributed by atoms with Crippen LogP contribution in [-0.4, -0.2) is 45.3 Å². The lowest BCUT2D eigenvalue weighted by molar-refractivity contribution is -0.181. The van der Waals surface area contributed by atoms with E-state index in [4.69, 9.17) is 0 Å². The number of alkyl halides is 3. The van der Waals surface area contributed by atoms with Crippen LogP contribution in [0.4, 0.5) is 13.2 Å². The van der Waals surface area contributed by atoms with E-state index in [0.29, 0.717) is 34.1 Å². The number of halogens is 3. The number of aryl methyl sites for hydroxylation is 1. The molecule has 0 aliphatic carbocycles. The molecule has 0 spiro atoms. The van der Waals surface area contributed by atoms with Crippen LogP contribution < -0.4 is 0 Å². The number of hydrogen-bond acceptors (Lipinski definition) is 5. The van der Waals surface area contributed by atoms with Crippen molar-refractivity contribution in [2.75, 3.05) is 6.54 Å². The van der Waals surface area contributed by atoms with Crippen molar-refractivity contribution in [1.29, 1.82) is 0 Å². The third-order valence-corrected chi connectivity index (χ3v) is 6.76. The molecule has 0 radical (unpaired) electrons. The van der Waals surface area contributed by atoms with E-state index in [9.17, 15) is 22.8 Å². The van der Waals surface area contributed by atoms with Crippen LogP contribution in [0.2, 0.25) is 0 Å². The third kappa shape index (κ3) is 4.26. The number of hydrogen-bond donors (Lipinski definition) is 0. The summed E-state index contributed by atoms with van der Waals surface area (Å²) >= 11 is 1.28. The van der Waals surface area contributed by atoms with Crippen LogP contribution in [0.15, 0.2) is 18.3 Å². The summed E-state index contributed by atoms with van der Waals surface area (Å²) in [5, 5.41) is 0.579. The number of ketones is 1. The zero-order chi connectivity index (χ0) is 22.3. The summed E-state index contributed by atoms with van der Waals surface area (Å²) in [7, 11) is 0. The molecule has 3 heterocycles. The lowest BCUT2D eigenvalue weighted by Crippen LogP contribution is -2.40. The minimum absolute atomic E-state index is 0.0200. The maximum Gasteiger partial charge on any atom is 0.399 e. The molecule has 1 atom stereocenters. The molecule has 1 amide bonds. The second-order valence-electron chi connectivity index (χ2n) is 8.11. The highest BCUT2D eigenvalue weighted by atomic mass is 32.1. The average molecular weight is 440 g/mol. The van der Waals surface area contributed by atoms with E-state index < -0.39 is 11.6 Å². The van der Waals surface area contributed by atoms with Gasteiger partial charge >= 0.3 is 6.18 Å². The third-order valence-electron chi connectivity index (χ3n) is 5.56. The monoisotopic (exact) mass is 439 g/mol. The molecule has 162 valence electrons. The van der Waals surface area contributed by atoms with E-state index in [2.05, 4.69) is 9.97 Å². The van der Waals surface area contributed by atoms with Crippen LogP contribution >= 0.6 is 11.3 Å². The quantitative estimate of drug-likeness (QED) is 0.689. The Labute approximate surface area is 177 Å². The van der Waals surface area contributed by atoms with E-state index >= 15 is 0 Å². The van der Waals surface area contributed by atoms with E-state index in [1.165, 1.54) is 30.5 Å². The maximum absolute atomic E-state index is 13.4. The van der Waals surface area contributed by atoms with Gasteiger partial charge in [-0.3, -0.25) is 14.6 Å². The second-order valence-corrected chi connectivity index (χ2v) is 9.19. The number of nitrogens with zero attached hydrogens (tertiary/aromatic N) is 3. The summed E-state index contributed by atoms with van der Waals surface area (Å²) in [6.45, 7) is 6.02. The minimum Gasteiger partial charge on any atom is -0.332 e. The highest BCUT2D eigenvalue weighted by Crippen LogP contribution is 2.41. The smallest absolute Gasteiger partial charge is 0.332 e. The van der Waals surface area contributed by atoms with E-state index in [-0.39, 0.29) is 29.8 Å². The Morgan fingerprint density at radius 1 is 1.30 bits per heavy atom. The van der Waals surface area contributed by atoms with Crippen molar-refractivity contribution in [2.45, 2.75) is 64.6 Å². The van der Waals surface area contributed by atoms with Gasteiger partial charge in [0, 0.05) is 12.7 Å².